The van der Waals surface area contributed by atoms with Gasteiger partial charge in [-0.25, -0.2) is 0 Å². The summed E-state index contributed by atoms with van der Waals surface area (Å²) in [5.74, 6) is 0.539. The maximum Gasteiger partial charge on any atom is 0.0849 e. The van der Waals surface area contributed by atoms with Crippen molar-refractivity contribution in [3.8, 4) is 0 Å². The Morgan fingerprint density at radius 1 is 1.47 bits per heavy atom. The first-order chi connectivity index (χ1) is 8.17. The minimum Gasteiger partial charge on any atom is -0.393 e. The Morgan fingerprint density at radius 2 is 2.18 bits per heavy atom. The topological polar surface area (TPSA) is 38.0 Å². The summed E-state index contributed by atoms with van der Waals surface area (Å²) in [6.07, 6.45) is 4.71. The van der Waals surface area contributed by atoms with Gasteiger partial charge in [0, 0.05) is 6.54 Å². The van der Waals surface area contributed by atoms with E-state index >= 15 is 0 Å². The summed E-state index contributed by atoms with van der Waals surface area (Å²) in [4.78, 5) is 0. The number of halogens is 1. The number of aryl methyl sites for hydroxylation is 2. The van der Waals surface area contributed by atoms with E-state index in [1.54, 1.807) is 0 Å². The molecule has 0 aliphatic heterocycles. The monoisotopic (exact) mass is 256 g/mol. The van der Waals surface area contributed by atoms with Gasteiger partial charge in [0.05, 0.1) is 22.5 Å². The molecule has 1 atom stereocenters. The molecule has 4 heteroatoms. The van der Waals surface area contributed by atoms with Crippen LogP contribution < -0.4 is 0 Å². The van der Waals surface area contributed by atoms with E-state index in [4.69, 9.17) is 11.6 Å². The van der Waals surface area contributed by atoms with Crippen molar-refractivity contribution in [2.24, 2.45) is 5.92 Å². The second-order valence-electron chi connectivity index (χ2n) is 4.82. The average Bonchev–Trinajstić information content (AvgIpc) is 3.12. The van der Waals surface area contributed by atoms with Gasteiger partial charge in [-0.05, 0) is 44.9 Å². The number of aliphatic hydroxyl groups is 1. The first-order valence-electron chi connectivity index (χ1n) is 6.59. The highest BCUT2D eigenvalue weighted by molar-refractivity contribution is 6.31. The summed E-state index contributed by atoms with van der Waals surface area (Å²) in [6.45, 7) is 4.98. The third-order valence-corrected chi connectivity index (χ3v) is 3.97. The SMILES string of the molecule is CCc1nn(CC)c(CCC(O)C2CC2)c1Cl. The summed E-state index contributed by atoms with van der Waals surface area (Å²) < 4.78 is 1.97. The quantitative estimate of drug-likeness (QED) is 0.850. The third-order valence-electron chi connectivity index (χ3n) is 3.54. The zero-order chi connectivity index (χ0) is 12.4. The van der Waals surface area contributed by atoms with Gasteiger partial charge in [0.2, 0.25) is 0 Å². The molecule has 1 unspecified atom stereocenters. The molecule has 0 saturated heterocycles. The fourth-order valence-electron chi connectivity index (χ4n) is 2.26. The predicted molar refractivity (Wildman–Crippen MR) is 69.3 cm³/mol. The minimum atomic E-state index is -0.156. The summed E-state index contributed by atoms with van der Waals surface area (Å²) in [7, 11) is 0. The van der Waals surface area contributed by atoms with Crippen LogP contribution in [0.15, 0.2) is 0 Å². The van der Waals surface area contributed by atoms with Gasteiger partial charge in [0.1, 0.15) is 0 Å². The standard InChI is InChI=1S/C13H21ClN2O/c1-3-10-13(14)11(16(4-2)15-10)7-8-12(17)9-5-6-9/h9,12,17H,3-8H2,1-2H3. The van der Waals surface area contributed by atoms with Crippen LogP contribution >= 0.6 is 11.6 Å². The lowest BCUT2D eigenvalue weighted by Crippen LogP contribution is -2.12. The molecule has 0 spiro atoms. The average molecular weight is 257 g/mol. The van der Waals surface area contributed by atoms with Gasteiger partial charge in [0.15, 0.2) is 0 Å². The normalized spacial score (nSPS) is 17.4. The highest BCUT2D eigenvalue weighted by Gasteiger charge is 2.29. The number of rotatable bonds is 6. The Kier molecular flexibility index (Phi) is 4.10. The molecule has 17 heavy (non-hydrogen) atoms. The van der Waals surface area contributed by atoms with E-state index in [1.165, 1.54) is 12.8 Å². The van der Waals surface area contributed by atoms with Crippen molar-refractivity contribution < 1.29 is 5.11 Å². The van der Waals surface area contributed by atoms with E-state index < -0.39 is 0 Å². The van der Waals surface area contributed by atoms with Crippen LogP contribution in [-0.2, 0) is 19.4 Å². The number of nitrogens with zero attached hydrogens (tertiary/aromatic N) is 2. The van der Waals surface area contributed by atoms with Crippen molar-refractivity contribution in [1.29, 1.82) is 0 Å². The first kappa shape index (κ1) is 12.9. The Morgan fingerprint density at radius 3 is 2.71 bits per heavy atom. The summed E-state index contributed by atoms with van der Waals surface area (Å²) >= 11 is 6.32. The molecular weight excluding hydrogens is 236 g/mol. The lowest BCUT2D eigenvalue weighted by molar-refractivity contribution is 0.141. The molecule has 96 valence electrons. The maximum atomic E-state index is 9.90. The molecular formula is C13H21ClN2O. The molecule has 1 fully saturated rings. The molecule has 2 rings (SSSR count). The van der Waals surface area contributed by atoms with Gasteiger partial charge in [-0.15, -0.1) is 0 Å². The molecule has 1 heterocycles. The van der Waals surface area contributed by atoms with Gasteiger partial charge < -0.3 is 5.11 Å². The van der Waals surface area contributed by atoms with E-state index in [2.05, 4.69) is 18.9 Å². The van der Waals surface area contributed by atoms with Crippen LogP contribution in [0.5, 0.6) is 0 Å². The van der Waals surface area contributed by atoms with E-state index in [0.717, 1.165) is 42.2 Å². The van der Waals surface area contributed by atoms with Gasteiger partial charge in [-0.3, -0.25) is 4.68 Å². The van der Waals surface area contributed by atoms with Crippen molar-refractivity contribution in [3.05, 3.63) is 16.4 Å². The van der Waals surface area contributed by atoms with Crippen molar-refractivity contribution in [3.63, 3.8) is 0 Å². The van der Waals surface area contributed by atoms with E-state index in [1.807, 2.05) is 4.68 Å². The summed E-state index contributed by atoms with van der Waals surface area (Å²) in [5, 5.41) is 15.2. The number of hydrogen-bond donors (Lipinski definition) is 1. The van der Waals surface area contributed by atoms with Crippen LogP contribution in [-0.4, -0.2) is 21.0 Å². The van der Waals surface area contributed by atoms with Crippen LogP contribution in [0, 0.1) is 5.92 Å². The third kappa shape index (κ3) is 2.83. The fraction of sp³-hybridized carbons (Fsp3) is 0.769. The second kappa shape index (κ2) is 5.40. The fourth-order valence-corrected chi connectivity index (χ4v) is 2.62. The van der Waals surface area contributed by atoms with Crippen molar-refractivity contribution >= 4 is 11.6 Å². The Bertz CT molecular complexity index is 385. The molecule has 1 aliphatic rings. The van der Waals surface area contributed by atoms with Gasteiger partial charge >= 0.3 is 0 Å². The molecule has 0 amide bonds. The van der Waals surface area contributed by atoms with Crippen molar-refractivity contribution in [2.75, 3.05) is 0 Å². The predicted octanol–water partition coefficient (Wildman–Crippen LogP) is 2.82. The molecule has 1 aromatic heterocycles. The molecule has 3 nitrogen and oxygen atoms in total. The summed E-state index contributed by atoms with van der Waals surface area (Å²) in [5.41, 5.74) is 2.06. The van der Waals surface area contributed by atoms with Crippen molar-refractivity contribution in [1.82, 2.24) is 9.78 Å². The first-order valence-corrected chi connectivity index (χ1v) is 6.97. The Labute approximate surface area is 108 Å². The van der Waals surface area contributed by atoms with E-state index in [-0.39, 0.29) is 6.10 Å². The maximum absolute atomic E-state index is 9.90. The van der Waals surface area contributed by atoms with E-state index in [9.17, 15) is 5.11 Å². The van der Waals surface area contributed by atoms with Crippen molar-refractivity contribution in [2.45, 2.75) is 58.6 Å². The number of aromatic nitrogens is 2. The van der Waals surface area contributed by atoms with Crippen LogP contribution in [0.25, 0.3) is 0 Å². The molecule has 1 N–H and O–H groups in total. The second-order valence-corrected chi connectivity index (χ2v) is 5.20. The van der Waals surface area contributed by atoms with Crippen LogP contribution in [0.4, 0.5) is 0 Å². The molecule has 1 aliphatic carbocycles. The molecule has 0 bridgehead atoms. The van der Waals surface area contributed by atoms with Gasteiger partial charge in [-0.2, -0.15) is 5.10 Å². The number of hydrogen-bond acceptors (Lipinski definition) is 2. The molecule has 1 saturated carbocycles. The summed E-state index contributed by atoms with van der Waals surface area (Å²) in [6, 6.07) is 0. The zero-order valence-electron chi connectivity index (χ0n) is 10.6. The molecule has 1 aromatic rings. The minimum absolute atomic E-state index is 0.156. The van der Waals surface area contributed by atoms with E-state index in [0.29, 0.717) is 5.92 Å². The van der Waals surface area contributed by atoms with Crippen LogP contribution in [0.3, 0.4) is 0 Å². The molecule has 0 radical (unpaired) electrons. The Hall–Kier alpha value is -0.540. The van der Waals surface area contributed by atoms with Gasteiger partial charge in [0.25, 0.3) is 0 Å². The largest absolute Gasteiger partial charge is 0.393 e. The smallest absolute Gasteiger partial charge is 0.0849 e. The molecule has 0 aromatic carbocycles. The highest BCUT2D eigenvalue weighted by atomic mass is 35.5. The lowest BCUT2D eigenvalue weighted by Gasteiger charge is -2.10. The Balaban J connectivity index is 2.04. The zero-order valence-corrected chi connectivity index (χ0v) is 11.4. The van der Waals surface area contributed by atoms with Crippen LogP contribution in [0.2, 0.25) is 5.02 Å². The highest BCUT2D eigenvalue weighted by Crippen LogP contribution is 2.35. The lowest BCUT2D eigenvalue weighted by atomic mass is 10.1. The number of aliphatic hydroxyl groups excluding tert-OH is 1. The van der Waals surface area contributed by atoms with Crippen LogP contribution in [0.1, 0.15) is 44.5 Å². The van der Waals surface area contributed by atoms with Gasteiger partial charge in [-0.1, -0.05) is 18.5 Å².